The van der Waals surface area contributed by atoms with E-state index in [4.69, 9.17) is 4.98 Å². The molecule has 48 heavy (non-hydrogen) atoms. The quantitative estimate of drug-likeness (QED) is 0.0902. The molecule has 2 amide bonds. The first-order valence-corrected chi connectivity index (χ1v) is 17.9. The molecule has 2 saturated heterocycles. The van der Waals surface area contributed by atoms with Crippen LogP contribution in [0.25, 0.3) is 21.8 Å². The minimum atomic E-state index is 0.0290. The number of amides is 2. The fraction of sp³-hybridized carbons (Fsp3) is 0.462. The summed E-state index contributed by atoms with van der Waals surface area (Å²) in [6.45, 7) is 6.92. The van der Waals surface area contributed by atoms with Crippen molar-refractivity contribution in [1.82, 2.24) is 14.8 Å². The molecule has 9 nitrogen and oxygen atoms in total. The van der Waals surface area contributed by atoms with Crippen LogP contribution in [0.15, 0.2) is 60.7 Å². The molecule has 1 aromatic heterocycles. The van der Waals surface area contributed by atoms with Gasteiger partial charge in [0.2, 0.25) is 11.8 Å². The Morgan fingerprint density at radius 3 is 1.56 bits per heavy atom. The van der Waals surface area contributed by atoms with E-state index in [2.05, 4.69) is 54.9 Å². The predicted octanol–water partition coefficient (Wildman–Crippen LogP) is 7.61. The maximum absolute atomic E-state index is 12.8. The van der Waals surface area contributed by atoms with Gasteiger partial charge in [-0.1, -0.05) is 0 Å². The molecule has 0 bridgehead atoms. The zero-order chi connectivity index (χ0) is 33.3. The van der Waals surface area contributed by atoms with E-state index >= 15 is 0 Å². The Morgan fingerprint density at radius 2 is 1.10 bits per heavy atom. The zero-order valence-corrected chi connectivity index (χ0v) is 28.7. The van der Waals surface area contributed by atoms with Crippen molar-refractivity contribution in [2.24, 2.45) is 0 Å². The van der Waals surface area contributed by atoms with Crippen molar-refractivity contribution < 1.29 is 9.59 Å². The number of aromatic nitrogens is 1. The molecule has 0 spiro atoms. The molecule has 3 heterocycles. The summed E-state index contributed by atoms with van der Waals surface area (Å²) < 4.78 is 0. The average Bonchev–Trinajstić information content (AvgIpc) is 3.80. The smallest absolute Gasteiger partial charge is 0.224 e. The number of fused-ring (bicyclic) bond motifs is 2. The number of unbranched alkanes of at least 4 members (excludes halogenated alkanes) is 2. The lowest BCUT2D eigenvalue weighted by molar-refractivity contribution is -0.117. The number of hydrogen-bond donors (Lipinski definition) is 3. The minimum absolute atomic E-state index is 0.0290. The van der Waals surface area contributed by atoms with Gasteiger partial charge in [-0.25, -0.2) is 4.98 Å². The van der Waals surface area contributed by atoms with Crippen molar-refractivity contribution in [1.29, 1.82) is 0 Å². The van der Waals surface area contributed by atoms with Gasteiger partial charge in [0.1, 0.15) is 0 Å². The van der Waals surface area contributed by atoms with Gasteiger partial charge in [-0.3, -0.25) is 9.59 Å². The molecule has 0 saturated carbocycles. The second-order valence-electron chi connectivity index (χ2n) is 13.6. The van der Waals surface area contributed by atoms with Crippen LogP contribution >= 0.6 is 0 Å². The third-order valence-electron chi connectivity index (χ3n) is 9.65. The summed E-state index contributed by atoms with van der Waals surface area (Å²) in [6.07, 6.45) is 10.0. The molecule has 6 rings (SSSR count). The highest BCUT2D eigenvalue weighted by Crippen LogP contribution is 2.36. The highest BCUT2D eigenvalue weighted by atomic mass is 16.2. The van der Waals surface area contributed by atoms with Crippen LogP contribution < -0.4 is 20.9 Å². The molecule has 2 fully saturated rings. The highest BCUT2D eigenvalue weighted by Gasteiger charge is 2.15. The van der Waals surface area contributed by atoms with E-state index in [-0.39, 0.29) is 11.8 Å². The number of pyridine rings is 1. The van der Waals surface area contributed by atoms with E-state index < -0.39 is 0 Å². The van der Waals surface area contributed by atoms with E-state index in [1.165, 1.54) is 51.9 Å². The molecule has 3 N–H and O–H groups in total. The third kappa shape index (κ3) is 9.02. The van der Waals surface area contributed by atoms with E-state index in [1.807, 2.05) is 50.5 Å². The van der Waals surface area contributed by atoms with Crippen molar-refractivity contribution in [2.75, 3.05) is 74.2 Å². The van der Waals surface area contributed by atoms with Gasteiger partial charge in [0.25, 0.3) is 0 Å². The first kappa shape index (κ1) is 33.7. The van der Waals surface area contributed by atoms with Crippen molar-refractivity contribution >= 4 is 62.1 Å². The molecule has 2 aliphatic rings. The lowest BCUT2D eigenvalue weighted by Gasteiger charge is -2.17. The Bertz CT molecular complexity index is 1600. The third-order valence-corrected chi connectivity index (χ3v) is 9.65. The van der Waals surface area contributed by atoms with Crippen LogP contribution in [0.2, 0.25) is 0 Å². The second kappa shape index (κ2) is 16.3. The second-order valence-corrected chi connectivity index (χ2v) is 13.6. The Hall–Kier alpha value is -4.21. The molecule has 9 heteroatoms. The summed E-state index contributed by atoms with van der Waals surface area (Å²) in [5.41, 5.74) is 6.04. The van der Waals surface area contributed by atoms with Gasteiger partial charge in [-0.05, 0) is 151 Å². The summed E-state index contributed by atoms with van der Waals surface area (Å²) in [5, 5.41) is 11.8. The number of likely N-dealkylation sites (tertiary alicyclic amines) is 2. The molecule has 0 unspecified atom stereocenters. The summed E-state index contributed by atoms with van der Waals surface area (Å²) in [6, 6.07) is 20.2. The fourth-order valence-corrected chi connectivity index (χ4v) is 6.92. The number of hydrogen-bond acceptors (Lipinski definition) is 7. The number of rotatable bonds is 15. The number of nitrogens with zero attached hydrogens (tertiary/aromatic N) is 4. The molecule has 2 aliphatic heterocycles. The fourth-order valence-electron chi connectivity index (χ4n) is 6.92. The van der Waals surface area contributed by atoms with Gasteiger partial charge in [0, 0.05) is 60.5 Å². The van der Waals surface area contributed by atoms with Crippen molar-refractivity contribution in [3.8, 4) is 0 Å². The summed E-state index contributed by atoms with van der Waals surface area (Å²) in [4.78, 5) is 37.8. The van der Waals surface area contributed by atoms with E-state index in [0.29, 0.717) is 12.8 Å². The van der Waals surface area contributed by atoms with E-state index in [9.17, 15) is 9.59 Å². The van der Waals surface area contributed by atoms with Crippen LogP contribution in [-0.4, -0.2) is 80.0 Å². The summed E-state index contributed by atoms with van der Waals surface area (Å²) in [5.74, 6) is 0.0580. The van der Waals surface area contributed by atoms with Crippen LogP contribution in [0, 0.1) is 0 Å². The van der Waals surface area contributed by atoms with Gasteiger partial charge in [-0.2, -0.15) is 0 Å². The van der Waals surface area contributed by atoms with Crippen LogP contribution in [0.4, 0.5) is 28.4 Å². The summed E-state index contributed by atoms with van der Waals surface area (Å²) >= 11 is 0. The molecule has 4 aromatic rings. The number of carbonyl (C=O) groups is 2. The maximum atomic E-state index is 12.8. The number of benzene rings is 3. The van der Waals surface area contributed by atoms with E-state index in [1.54, 1.807) is 0 Å². The molecule has 0 radical (unpaired) electrons. The highest BCUT2D eigenvalue weighted by molar-refractivity contribution is 6.10. The van der Waals surface area contributed by atoms with Crippen LogP contribution in [0.1, 0.15) is 64.2 Å². The van der Waals surface area contributed by atoms with Gasteiger partial charge < -0.3 is 30.7 Å². The van der Waals surface area contributed by atoms with E-state index in [0.717, 1.165) is 89.0 Å². The van der Waals surface area contributed by atoms with Crippen LogP contribution in [0.5, 0.6) is 0 Å². The van der Waals surface area contributed by atoms with Crippen molar-refractivity contribution in [3.05, 3.63) is 60.7 Å². The Kier molecular flexibility index (Phi) is 11.4. The average molecular weight is 650 g/mol. The normalized spacial score (nSPS) is 15.3. The predicted molar refractivity (Wildman–Crippen MR) is 200 cm³/mol. The van der Waals surface area contributed by atoms with Gasteiger partial charge >= 0.3 is 0 Å². The lowest BCUT2D eigenvalue weighted by Crippen LogP contribution is -2.20. The monoisotopic (exact) mass is 649 g/mol. The van der Waals surface area contributed by atoms with Gasteiger partial charge in [0.15, 0.2) is 0 Å². The molecule has 0 aliphatic carbocycles. The first-order chi connectivity index (χ1) is 23.4. The minimum Gasteiger partial charge on any atom is -0.378 e. The Labute approximate surface area is 285 Å². The Balaban J connectivity index is 1.18. The lowest BCUT2D eigenvalue weighted by atomic mass is 10.1. The molecule has 254 valence electrons. The Morgan fingerprint density at radius 1 is 0.646 bits per heavy atom. The maximum Gasteiger partial charge on any atom is 0.224 e. The largest absolute Gasteiger partial charge is 0.378 e. The van der Waals surface area contributed by atoms with Gasteiger partial charge in [0.05, 0.1) is 16.7 Å². The topological polar surface area (TPSA) is 92.8 Å². The zero-order valence-electron chi connectivity index (χ0n) is 28.7. The number of anilines is 5. The standard InChI is InChI=1S/C39H51N7O2/c1-44(2)32-17-13-29(14-18-32)42-39-33-19-15-30(40-37(47)11-3-5-21-45-23-7-8-24-45)27-35(33)43-36-28-31(16-20-34(36)39)41-38(48)12-4-6-22-46-25-9-10-26-46/h13-20,27-28H,3-12,21-26H2,1-2H3,(H,40,47)(H,41,48)(H,42,43). The van der Waals surface area contributed by atoms with Crippen molar-refractivity contribution in [3.63, 3.8) is 0 Å². The molecular weight excluding hydrogens is 598 g/mol. The van der Waals surface area contributed by atoms with Crippen LogP contribution in [0.3, 0.4) is 0 Å². The molecule has 0 atom stereocenters. The first-order valence-electron chi connectivity index (χ1n) is 17.9. The van der Waals surface area contributed by atoms with Crippen molar-refractivity contribution in [2.45, 2.75) is 64.2 Å². The SMILES string of the molecule is CN(C)c1ccc(Nc2c3ccc(NC(=O)CCCCN4CCCC4)cc3nc3cc(NC(=O)CCCCN4CCCC4)ccc23)cc1. The summed E-state index contributed by atoms with van der Waals surface area (Å²) in [7, 11) is 4.06. The number of carbonyl (C=O) groups excluding carboxylic acids is 2. The van der Waals surface area contributed by atoms with Crippen LogP contribution in [-0.2, 0) is 9.59 Å². The molecule has 3 aromatic carbocycles. The molecular formula is C39H51N7O2. The van der Waals surface area contributed by atoms with Gasteiger partial charge in [-0.15, -0.1) is 0 Å². The number of nitrogens with one attached hydrogen (secondary N) is 3.